The lowest BCUT2D eigenvalue weighted by molar-refractivity contribution is 0.720. The monoisotopic (exact) mass is 305 g/mol. The van der Waals surface area contributed by atoms with E-state index in [-0.39, 0.29) is 0 Å². The van der Waals surface area contributed by atoms with Gasteiger partial charge in [-0.1, -0.05) is 30.1 Å². The smallest absolute Gasteiger partial charge is 0.150 e. The Morgan fingerprint density at radius 2 is 2.28 bits per heavy atom. The van der Waals surface area contributed by atoms with Gasteiger partial charge in [0.2, 0.25) is 0 Å². The fourth-order valence-electron chi connectivity index (χ4n) is 2.01. The summed E-state index contributed by atoms with van der Waals surface area (Å²) in [6.45, 7) is 4.20. The summed E-state index contributed by atoms with van der Waals surface area (Å²) in [6, 6.07) is 1.76. The molecule has 1 aromatic heterocycles. The van der Waals surface area contributed by atoms with Crippen LogP contribution in [0.2, 0.25) is 10.0 Å². The molecule has 1 aliphatic rings. The molecule has 0 radical (unpaired) electrons. The first-order valence-electron chi connectivity index (χ1n) is 6.06. The van der Waals surface area contributed by atoms with Gasteiger partial charge >= 0.3 is 0 Å². The number of rotatable bonds is 3. The van der Waals surface area contributed by atoms with Crippen LogP contribution in [0.25, 0.3) is 0 Å². The molecule has 3 nitrogen and oxygen atoms in total. The molecule has 1 fully saturated rings. The number of hydrogen-bond acceptors (Lipinski definition) is 4. The fraction of sp³-hybridized carbons (Fsp3) is 0.583. The lowest BCUT2D eigenvalue weighted by Gasteiger charge is -2.33. The number of nitrogens with zero attached hydrogens (tertiary/aromatic N) is 2. The third-order valence-corrected chi connectivity index (χ3v) is 4.98. The molecule has 2 rings (SSSR count). The standard InChI is InChI=1S/C12H17Cl2N3S/c1-3-8-7-17(4-5-18-8)12-10(14)6-9(13)11(15-2)16-12/h6,8H,3-5,7H2,1-2H3,(H,15,16). The summed E-state index contributed by atoms with van der Waals surface area (Å²) in [5.74, 6) is 2.64. The molecule has 0 aromatic carbocycles. The Bertz CT molecular complexity index is 428. The molecule has 0 amide bonds. The van der Waals surface area contributed by atoms with E-state index in [9.17, 15) is 0 Å². The molecule has 0 bridgehead atoms. The van der Waals surface area contributed by atoms with Gasteiger partial charge in [0.05, 0.1) is 10.0 Å². The van der Waals surface area contributed by atoms with Crippen molar-refractivity contribution in [3.05, 3.63) is 16.1 Å². The minimum Gasteiger partial charge on any atom is -0.372 e. The lowest BCUT2D eigenvalue weighted by atomic mass is 10.3. The van der Waals surface area contributed by atoms with Gasteiger partial charge in [-0.3, -0.25) is 0 Å². The van der Waals surface area contributed by atoms with Gasteiger partial charge in [0.1, 0.15) is 11.6 Å². The first-order chi connectivity index (χ1) is 8.65. The molecule has 18 heavy (non-hydrogen) atoms. The molecule has 6 heteroatoms. The average molecular weight is 306 g/mol. The number of anilines is 2. The molecule has 1 unspecified atom stereocenters. The number of pyridine rings is 1. The Labute approximate surface area is 122 Å². The Kier molecular flexibility index (Phi) is 4.87. The molecular formula is C12H17Cl2N3S. The molecule has 1 aromatic rings. The number of hydrogen-bond donors (Lipinski definition) is 1. The van der Waals surface area contributed by atoms with Crippen LogP contribution in [-0.4, -0.2) is 36.1 Å². The van der Waals surface area contributed by atoms with Crippen molar-refractivity contribution >= 4 is 46.6 Å². The number of nitrogens with one attached hydrogen (secondary N) is 1. The highest BCUT2D eigenvalue weighted by atomic mass is 35.5. The van der Waals surface area contributed by atoms with Gasteiger partial charge in [-0.25, -0.2) is 4.98 Å². The van der Waals surface area contributed by atoms with E-state index in [2.05, 4.69) is 22.1 Å². The molecular weight excluding hydrogens is 289 g/mol. The zero-order valence-corrected chi connectivity index (χ0v) is 12.9. The molecule has 1 saturated heterocycles. The molecule has 2 heterocycles. The van der Waals surface area contributed by atoms with Crippen LogP contribution >= 0.6 is 35.0 Å². The Balaban J connectivity index is 2.26. The summed E-state index contributed by atoms with van der Waals surface area (Å²) in [4.78, 5) is 6.78. The highest BCUT2D eigenvalue weighted by Crippen LogP contribution is 2.33. The first-order valence-corrected chi connectivity index (χ1v) is 7.86. The average Bonchev–Trinajstić information content (AvgIpc) is 2.39. The van der Waals surface area contributed by atoms with Gasteiger partial charge in [-0.15, -0.1) is 0 Å². The summed E-state index contributed by atoms with van der Waals surface area (Å²) < 4.78 is 0. The summed E-state index contributed by atoms with van der Waals surface area (Å²) >= 11 is 14.4. The van der Waals surface area contributed by atoms with E-state index in [4.69, 9.17) is 23.2 Å². The number of halogens is 2. The Morgan fingerprint density at radius 3 is 2.94 bits per heavy atom. The van der Waals surface area contributed by atoms with E-state index in [1.165, 1.54) is 6.42 Å². The van der Waals surface area contributed by atoms with E-state index in [0.29, 0.717) is 21.1 Å². The van der Waals surface area contributed by atoms with Crippen molar-refractivity contribution in [2.75, 3.05) is 36.1 Å². The Morgan fingerprint density at radius 1 is 1.50 bits per heavy atom. The van der Waals surface area contributed by atoms with E-state index in [1.54, 1.807) is 6.07 Å². The van der Waals surface area contributed by atoms with Crippen LogP contribution in [0.1, 0.15) is 13.3 Å². The second kappa shape index (κ2) is 6.22. The van der Waals surface area contributed by atoms with Gasteiger partial charge in [0, 0.05) is 31.1 Å². The van der Waals surface area contributed by atoms with Gasteiger partial charge in [0.25, 0.3) is 0 Å². The first kappa shape index (κ1) is 14.1. The van der Waals surface area contributed by atoms with Crippen molar-refractivity contribution in [3.8, 4) is 0 Å². The zero-order valence-electron chi connectivity index (χ0n) is 10.5. The van der Waals surface area contributed by atoms with Crippen LogP contribution in [0, 0.1) is 0 Å². The van der Waals surface area contributed by atoms with Crippen LogP contribution < -0.4 is 10.2 Å². The predicted molar refractivity (Wildman–Crippen MR) is 82.6 cm³/mol. The summed E-state index contributed by atoms with van der Waals surface area (Å²) in [5.41, 5.74) is 0. The highest BCUT2D eigenvalue weighted by Gasteiger charge is 2.22. The van der Waals surface area contributed by atoms with Crippen LogP contribution in [0.3, 0.4) is 0 Å². The topological polar surface area (TPSA) is 28.2 Å². The predicted octanol–water partition coefficient (Wildman–Crippen LogP) is 3.76. The lowest BCUT2D eigenvalue weighted by Crippen LogP contribution is -2.38. The summed E-state index contributed by atoms with van der Waals surface area (Å²) in [6.07, 6.45) is 1.17. The highest BCUT2D eigenvalue weighted by molar-refractivity contribution is 8.00. The van der Waals surface area contributed by atoms with Gasteiger partial charge in [0.15, 0.2) is 0 Å². The second-order valence-electron chi connectivity index (χ2n) is 4.22. The van der Waals surface area contributed by atoms with E-state index < -0.39 is 0 Å². The Hall–Kier alpha value is -0.320. The third-order valence-electron chi connectivity index (χ3n) is 3.04. The van der Waals surface area contributed by atoms with Gasteiger partial charge in [-0.2, -0.15) is 11.8 Å². The molecule has 1 atom stereocenters. The SMILES string of the molecule is CCC1CN(c2nc(NC)c(Cl)cc2Cl)CCS1. The molecule has 0 spiro atoms. The minimum atomic E-state index is 0.560. The molecule has 1 aliphatic heterocycles. The molecule has 0 saturated carbocycles. The van der Waals surface area contributed by atoms with E-state index in [1.807, 2.05) is 18.8 Å². The molecule has 100 valence electrons. The van der Waals surface area contributed by atoms with E-state index >= 15 is 0 Å². The largest absolute Gasteiger partial charge is 0.372 e. The van der Waals surface area contributed by atoms with Crippen molar-refractivity contribution < 1.29 is 0 Å². The summed E-state index contributed by atoms with van der Waals surface area (Å²) in [7, 11) is 1.81. The normalized spacial score (nSPS) is 20.0. The van der Waals surface area contributed by atoms with Crippen molar-refractivity contribution in [2.24, 2.45) is 0 Å². The van der Waals surface area contributed by atoms with Crippen molar-refractivity contribution in [1.29, 1.82) is 0 Å². The zero-order chi connectivity index (χ0) is 13.1. The van der Waals surface area contributed by atoms with E-state index in [0.717, 1.165) is 24.7 Å². The maximum Gasteiger partial charge on any atom is 0.150 e. The number of aromatic nitrogens is 1. The quantitative estimate of drug-likeness (QED) is 0.920. The van der Waals surface area contributed by atoms with Crippen LogP contribution in [0.15, 0.2) is 6.07 Å². The molecule has 0 aliphatic carbocycles. The van der Waals surface area contributed by atoms with Crippen molar-refractivity contribution in [1.82, 2.24) is 4.98 Å². The molecule has 1 N–H and O–H groups in total. The number of thioether (sulfide) groups is 1. The van der Waals surface area contributed by atoms with Crippen molar-refractivity contribution in [2.45, 2.75) is 18.6 Å². The third kappa shape index (κ3) is 2.98. The summed E-state index contributed by atoms with van der Waals surface area (Å²) in [5, 5.41) is 4.84. The van der Waals surface area contributed by atoms with Gasteiger partial charge in [-0.05, 0) is 12.5 Å². The maximum atomic E-state index is 6.26. The van der Waals surface area contributed by atoms with Crippen LogP contribution in [-0.2, 0) is 0 Å². The fourth-order valence-corrected chi connectivity index (χ4v) is 3.77. The minimum absolute atomic E-state index is 0.560. The van der Waals surface area contributed by atoms with Crippen LogP contribution in [0.5, 0.6) is 0 Å². The maximum absolute atomic E-state index is 6.26. The second-order valence-corrected chi connectivity index (χ2v) is 6.44. The van der Waals surface area contributed by atoms with Crippen LogP contribution in [0.4, 0.5) is 11.6 Å². The van der Waals surface area contributed by atoms with Gasteiger partial charge < -0.3 is 10.2 Å². The van der Waals surface area contributed by atoms with Crippen molar-refractivity contribution in [3.63, 3.8) is 0 Å².